The van der Waals surface area contributed by atoms with Gasteiger partial charge in [-0.3, -0.25) is 9.48 Å². The standard InChI is InChI=1S/C13H22N4O/c1-10(9-17-7-3-6-15-17)16-13(18)11-4-2-5-12(14)8-11/h3,6-7,10-12H,2,4-5,8-9,14H2,1H3,(H,16,18). The molecule has 1 aliphatic rings. The Morgan fingerprint density at radius 3 is 3.11 bits per heavy atom. The van der Waals surface area contributed by atoms with E-state index < -0.39 is 0 Å². The van der Waals surface area contributed by atoms with Gasteiger partial charge < -0.3 is 11.1 Å². The molecule has 100 valence electrons. The Balaban J connectivity index is 1.79. The van der Waals surface area contributed by atoms with E-state index in [4.69, 9.17) is 5.73 Å². The van der Waals surface area contributed by atoms with E-state index in [-0.39, 0.29) is 23.9 Å². The minimum absolute atomic E-state index is 0.0915. The predicted molar refractivity (Wildman–Crippen MR) is 69.8 cm³/mol. The zero-order valence-electron chi connectivity index (χ0n) is 10.9. The Morgan fingerprint density at radius 1 is 1.61 bits per heavy atom. The second kappa shape index (κ2) is 6.00. The van der Waals surface area contributed by atoms with Gasteiger partial charge in [-0.2, -0.15) is 5.10 Å². The van der Waals surface area contributed by atoms with Crippen molar-refractivity contribution in [1.82, 2.24) is 15.1 Å². The van der Waals surface area contributed by atoms with Crippen LogP contribution in [0.4, 0.5) is 0 Å². The highest BCUT2D eigenvalue weighted by Gasteiger charge is 2.25. The molecule has 3 unspecified atom stereocenters. The summed E-state index contributed by atoms with van der Waals surface area (Å²) in [6.45, 7) is 2.71. The van der Waals surface area contributed by atoms with E-state index in [0.29, 0.717) is 6.54 Å². The molecule has 0 bridgehead atoms. The molecule has 1 amide bonds. The normalized spacial score (nSPS) is 25.7. The molecule has 18 heavy (non-hydrogen) atoms. The van der Waals surface area contributed by atoms with Crippen LogP contribution < -0.4 is 11.1 Å². The highest BCUT2D eigenvalue weighted by molar-refractivity contribution is 5.79. The van der Waals surface area contributed by atoms with Crippen molar-refractivity contribution in [3.63, 3.8) is 0 Å². The van der Waals surface area contributed by atoms with Crippen molar-refractivity contribution in [2.75, 3.05) is 0 Å². The Kier molecular flexibility index (Phi) is 4.36. The minimum atomic E-state index is 0.0915. The molecule has 0 aliphatic heterocycles. The molecule has 1 heterocycles. The van der Waals surface area contributed by atoms with E-state index in [0.717, 1.165) is 25.7 Å². The summed E-state index contributed by atoms with van der Waals surface area (Å²) >= 11 is 0. The molecule has 5 nitrogen and oxygen atoms in total. The average Bonchev–Trinajstić information content (AvgIpc) is 2.81. The molecule has 1 saturated carbocycles. The molecule has 3 atom stereocenters. The maximum Gasteiger partial charge on any atom is 0.223 e. The molecule has 1 aromatic heterocycles. The van der Waals surface area contributed by atoms with Gasteiger partial charge in [-0.05, 0) is 32.3 Å². The zero-order valence-corrected chi connectivity index (χ0v) is 10.9. The van der Waals surface area contributed by atoms with Gasteiger partial charge in [0.2, 0.25) is 5.91 Å². The fourth-order valence-corrected chi connectivity index (χ4v) is 2.56. The zero-order chi connectivity index (χ0) is 13.0. The molecule has 2 rings (SSSR count). The molecular weight excluding hydrogens is 228 g/mol. The van der Waals surface area contributed by atoms with Crippen LogP contribution in [-0.4, -0.2) is 27.8 Å². The topological polar surface area (TPSA) is 72.9 Å². The third-order valence-corrected chi connectivity index (χ3v) is 3.49. The monoisotopic (exact) mass is 250 g/mol. The lowest BCUT2D eigenvalue weighted by Gasteiger charge is -2.27. The average molecular weight is 250 g/mol. The van der Waals surface area contributed by atoms with Crippen LogP contribution in [0.2, 0.25) is 0 Å². The van der Waals surface area contributed by atoms with Gasteiger partial charge in [0.1, 0.15) is 0 Å². The fraction of sp³-hybridized carbons (Fsp3) is 0.692. The molecule has 3 N–H and O–H groups in total. The summed E-state index contributed by atoms with van der Waals surface area (Å²) in [6.07, 6.45) is 7.54. The number of hydrogen-bond donors (Lipinski definition) is 2. The number of hydrogen-bond acceptors (Lipinski definition) is 3. The van der Waals surface area contributed by atoms with E-state index in [1.807, 2.05) is 23.9 Å². The summed E-state index contributed by atoms with van der Waals surface area (Å²) in [5.41, 5.74) is 5.91. The van der Waals surface area contributed by atoms with E-state index in [2.05, 4.69) is 10.4 Å². The van der Waals surface area contributed by atoms with Gasteiger partial charge >= 0.3 is 0 Å². The van der Waals surface area contributed by atoms with Crippen molar-refractivity contribution in [3.8, 4) is 0 Å². The van der Waals surface area contributed by atoms with Crippen molar-refractivity contribution in [2.45, 2.75) is 51.2 Å². The molecule has 5 heteroatoms. The summed E-state index contributed by atoms with van der Waals surface area (Å²) in [7, 11) is 0. The van der Waals surface area contributed by atoms with Gasteiger partial charge in [0.25, 0.3) is 0 Å². The molecule has 1 aromatic rings. The number of aromatic nitrogens is 2. The van der Waals surface area contributed by atoms with Crippen molar-refractivity contribution in [3.05, 3.63) is 18.5 Å². The first-order valence-corrected chi connectivity index (χ1v) is 6.68. The van der Waals surface area contributed by atoms with Crippen LogP contribution in [0.1, 0.15) is 32.6 Å². The maximum atomic E-state index is 12.1. The first kappa shape index (κ1) is 13.1. The molecular formula is C13H22N4O. The molecule has 1 aliphatic carbocycles. The third kappa shape index (κ3) is 3.57. The lowest BCUT2D eigenvalue weighted by atomic mass is 9.85. The molecule has 1 fully saturated rings. The van der Waals surface area contributed by atoms with Crippen molar-refractivity contribution < 1.29 is 4.79 Å². The predicted octanol–water partition coefficient (Wildman–Crippen LogP) is 0.905. The first-order chi connectivity index (χ1) is 8.65. The molecule has 0 spiro atoms. The van der Waals surface area contributed by atoms with Gasteiger partial charge in [0.15, 0.2) is 0 Å². The number of nitrogens with one attached hydrogen (secondary N) is 1. The highest BCUT2D eigenvalue weighted by Crippen LogP contribution is 2.23. The smallest absolute Gasteiger partial charge is 0.223 e. The largest absolute Gasteiger partial charge is 0.352 e. The van der Waals surface area contributed by atoms with E-state index in [9.17, 15) is 4.79 Å². The van der Waals surface area contributed by atoms with Gasteiger partial charge in [-0.1, -0.05) is 6.42 Å². The summed E-state index contributed by atoms with van der Waals surface area (Å²) < 4.78 is 1.83. The molecule has 0 radical (unpaired) electrons. The third-order valence-electron chi connectivity index (χ3n) is 3.49. The number of nitrogens with zero attached hydrogens (tertiary/aromatic N) is 2. The van der Waals surface area contributed by atoms with Gasteiger partial charge in [0, 0.05) is 30.4 Å². The maximum absolute atomic E-state index is 12.1. The number of carbonyl (C=O) groups excluding carboxylic acids is 1. The number of carbonyl (C=O) groups is 1. The van der Waals surface area contributed by atoms with Gasteiger partial charge in [0.05, 0.1) is 6.54 Å². The summed E-state index contributed by atoms with van der Waals surface area (Å²) in [6, 6.07) is 2.17. The first-order valence-electron chi connectivity index (χ1n) is 6.68. The Labute approximate surface area is 108 Å². The van der Waals surface area contributed by atoms with Crippen molar-refractivity contribution in [2.24, 2.45) is 11.7 Å². The second-order valence-corrected chi connectivity index (χ2v) is 5.26. The van der Waals surface area contributed by atoms with Crippen LogP contribution in [0.15, 0.2) is 18.5 Å². The SMILES string of the molecule is CC(Cn1cccn1)NC(=O)C1CCCC(N)C1. The summed E-state index contributed by atoms with van der Waals surface area (Å²) in [4.78, 5) is 12.1. The van der Waals surface area contributed by atoms with Crippen LogP contribution in [-0.2, 0) is 11.3 Å². The minimum Gasteiger partial charge on any atom is -0.352 e. The number of rotatable bonds is 4. The number of nitrogens with two attached hydrogens (primary N) is 1. The van der Waals surface area contributed by atoms with Gasteiger partial charge in [-0.15, -0.1) is 0 Å². The number of amides is 1. The second-order valence-electron chi connectivity index (χ2n) is 5.26. The summed E-state index contributed by atoms with van der Waals surface area (Å²) in [5.74, 6) is 0.235. The molecule has 0 saturated heterocycles. The Hall–Kier alpha value is -1.36. The van der Waals surface area contributed by atoms with Crippen LogP contribution in [0.5, 0.6) is 0 Å². The van der Waals surface area contributed by atoms with Crippen LogP contribution >= 0.6 is 0 Å². The van der Waals surface area contributed by atoms with E-state index >= 15 is 0 Å². The highest BCUT2D eigenvalue weighted by atomic mass is 16.1. The van der Waals surface area contributed by atoms with Crippen LogP contribution in [0.25, 0.3) is 0 Å². The van der Waals surface area contributed by atoms with Crippen LogP contribution in [0, 0.1) is 5.92 Å². The Morgan fingerprint density at radius 2 is 2.44 bits per heavy atom. The van der Waals surface area contributed by atoms with E-state index in [1.165, 1.54) is 0 Å². The van der Waals surface area contributed by atoms with Crippen molar-refractivity contribution >= 4 is 5.91 Å². The lowest BCUT2D eigenvalue weighted by Crippen LogP contribution is -2.42. The summed E-state index contributed by atoms with van der Waals surface area (Å²) in [5, 5.41) is 7.19. The fourth-order valence-electron chi connectivity index (χ4n) is 2.56. The molecule has 0 aromatic carbocycles. The van der Waals surface area contributed by atoms with Crippen molar-refractivity contribution in [1.29, 1.82) is 0 Å². The quantitative estimate of drug-likeness (QED) is 0.834. The van der Waals surface area contributed by atoms with Gasteiger partial charge in [-0.25, -0.2) is 0 Å². The Bertz CT molecular complexity index is 376. The lowest BCUT2D eigenvalue weighted by molar-refractivity contribution is -0.126. The van der Waals surface area contributed by atoms with E-state index in [1.54, 1.807) is 6.20 Å². The van der Waals surface area contributed by atoms with Crippen LogP contribution in [0.3, 0.4) is 0 Å².